The summed E-state index contributed by atoms with van der Waals surface area (Å²) < 4.78 is 4.16. The molecule has 0 saturated heterocycles. The minimum atomic E-state index is -0.466. The Morgan fingerprint density at radius 1 is 1.44 bits per heavy atom. The molecule has 1 aromatic rings. The lowest BCUT2D eigenvalue weighted by Gasteiger charge is -1.94. The molecule has 0 aromatic heterocycles. The summed E-state index contributed by atoms with van der Waals surface area (Å²) in [6.07, 6.45) is 0.0960. The van der Waals surface area contributed by atoms with Gasteiger partial charge < -0.3 is 15.8 Å². The number of para-hydroxylation sites is 1. The summed E-state index contributed by atoms with van der Waals surface area (Å²) in [5.41, 5.74) is 5.86. The van der Waals surface area contributed by atoms with E-state index in [2.05, 4.69) is 10.1 Å². The maximum absolute atomic E-state index is 9.90. The first-order chi connectivity index (χ1) is 7.70. The Balaban J connectivity index is 0.000000281. The Labute approximate surface area is 94.6 Å². The molecule has 0 aliphatic rings. The number of ether oxygens (including phenoxy) is 1. The normalized spacial score (nSPS) is 8.31. The smallest absolute Gasteiger partial charge is 0.293 e. The third kappa shape index (κ3) is 8.55. The van der Waals surface area contributed by atoms with Gasteiger partial charge in [0, 0.05) is 12.7 Å². The topological polar surface area (TPSA) is 81.4 Å². The van der Waals surface area contributed by atoms with Crippen LogP contribution in [0.15, 0.2) is 30.3 Å². The van der Waals surface area contributed by atoms with Gasteiger partial charge in [0.1, 0.15) is 0 Å². The van der Waals surface area contributed by atoms with Crippen LogP contribution in [0.4, 0.5) is 5.69 Å². The molecular formula is C11H16N2O3. The second-order valence-electron chi connectivity index (χ2n) is 2.80. The van der Waals surface area contributed by atoms with E-state index < -0.39 is 5.91 Å². The van der Waals surface area contributed by atoms with Crippen molar-refractivity contribution in [3.8, 4) is 0 Å². The fourth-order valence-corrected chi connectivity index (χ4v) is 0.812. The van der Waals surface area contributed by atoms with E-state index in [1.165, 1.54) is 0 Å². The summed E-state index contributed by atoms with van der Waals surface area (Å²) >= 11 is 0. The molecule has 0 heterocycles. The largest absolute Gasteiger partial charge is 0.467 e. The van der Waals surface area contributed by atoms with E-state index in [0.717, 1.165) is 5.69 Å². The van der Waals surface area contributed by atoms with Crippen LogP contribution in [0.5, 0.6) is 0 Å². The van der Waals surface area contributed by atoms with E-state index >= 15 is 0 Å². The summed E-state index contributed by atoms with van der Waals surface area (Å²) in [6.45, 7) is 0.363. The summed E-state index contributed by atoms with van der Waals surface area (Å²) in [4.78, 5) is 19.3. The van der Waals surface area contributed by atoms with Crippen molar-refractivity contribution < 1.29 is 14.3 Å². The molecule has 5 nitrogen and oxygen atoms in total. The Morgan fingerprint density at radius 3 is 2.44 bits per heavy atom. The quantitative estimate of drug-likeness (QED) is 0.571. The van der Waals surface area contributed by atoms with Gasteiger partial charge in [0.05, 0.1) is 13.0 Å². The number of primary amides is 1. The minimum Gasteiger partial charge on any atom is -0.467 e. The standard InChI is InChI=1S/C7H9N.C4H7NO3/c1-8-7-5-3-2-4-6-7;5-4(7)1-2-8-3-6/h2-6,8H,1H3;3H,1-2H2,(H2,5,7). The van der Waals surface area contributed by atoms with Crippen LogP contribution < -0.4 is 11.1 Å². The summed E-state index contributed by atoms with van der Waals surface area (Å²) in [6, 6.07) is 10.1. The molecular weight excluding hydrogens is 208 g/mol. The number of benzene rings is 1. The van der Waals surface area contributed by atoms with Gasteiger partial charge in [-0.25, -0.2) is 0 Å². The van der Waals surface area contributed by atoms with E-state index in [1.54, 1.807) is 0 Å². The Morgan fingerprint density at radius 2 is 2.06 bits per heavy atom. The van der Waals surface area contributed by atoms with Crippen molar-refractivity contribution >= 4 is 18.1 Å². The number of nitrogens with two attached hydrogens (primary N) is 1. The number of carbonyl (C=O) groups excluding carboxylic acids is 2. The van der Waals surface area contributed by atoms with Crippen molar-refractivity contribution in [2.24, 2.45) is 5.73 Å². The summed E-state index contributed by atoms with van der Waals surface area (Å²) in [7, 11) is 1.91. The van der Waals surface area contributed by atoms with Crippen LogP contribution in [0.25, 0.3) is 0 Å². The van der Waals surface area contributed by atoms with Crippen LogP contribution in [0, 0.1) is 0 Å². The first-order valence-corrected chi connectivity index (χ1v) is 4.77. The van der Waals surface area contributed by atoms with E-state index in [9.17, 15) is 9.59 Å². The molecule has 0 fully saturated rings. The van der Waals surface area contributed by atoms with Crippen molar-refractivity contribution in [1.82, 2.24) is 0 Å². The van der Waals surface area contributed by atoms with Crippen LogP contribution in [-0.4, -0.2) is 26.0 Å². The Hall–Kier alpha value is -2.04. The molecule has 0 radical (unpaired) electrons. The van der Waals surface area contributed by atoms with Gasteiger partial charge in [-0.3, -0.25) is 9.59 Å². The predicted molar refractivity (Wildman–Crippen MR) is 61.8 cm³/mol. The van der Waals surface area contributed by atoms with Gasteiger partial charge in [0.15, 0.2) is 0 Å². The first kappa shape index (κ1) is 14.0. The van der Waals surface area contributed by atoms with E-state index in [1.807, 2.05) is 37.4 Å². The zero-order chi connectivity index (χ0) is 12.2. The average molecular weight is 224 g/mol. The maximum atomic E-state index is 9.90. The Bertz CT molecular complexity index is 301. The molecule has 5 heteroatoms. The van der Waals surface area contributed by atoms with Crippen molar-refractivity contribution in [3.05, 3.63) is 30.3 Å². The van der Waals surface area contributed by atoms with Crippen LogP contribution in [0.3, 0.4) is 0 Å². The third-order valence-electron chi connectivity index (χ3n) is 1.60. The fraction of sp³-hybridized carbons (Fsp3) is 0.273. The highest BCUT2D eigenvalue weighted by atomic mass is 16.5. The maximum Gasteiger partial charge on any atom is 0.293 e. The van der Waals surface area contributed by atoms with Crippen molar-refractivity contribution in [1.29, 1.82) is 0 Å². The molecule has 88 valence electrons. The van der Waals surface area contributed by atoms with E-state index in [-0.39, 0.29) is 19.5 Å². The molecule has 16 heavy (non-hydrogen) atoms. The SMILES string of the molecule is CNc1ccccc1.NC(=O)CCOC=O. The fourth-order valence-electron chi connectivity index (χ4n) is 0.812. The molecule has 0 atom stereocenters. The zero-order valence-corrected chi connectivity index (χ0v) is 9.18. The molecule has 0 unspecified atom stereocenters. The monoisotopic (exact) mass is 224 g/mol. The lowest BCUT2D eigenvalue weighted by molar-refractivity contribution is -0.130. The number of hydrogen-bond acceptors (Lipinski definition) is 4. The molecule has 0 aliphatic carbocycles. The number of amides is 1. The molecule has 0 bridgehead atoms. The number of nitrogens with one attached hydrogen (secondary N) is 1. The first-order valence-electron chi connectivity index (χ1n) is 4.77. The molecule has 1 aromatic carbocycles. The molecule has 0 spiro atoms. The van der Waals surface area contributed by atoms with Gasteiger partial charge in [-0.1, -0.05) is 18.2 Å². The lowest BCUT2D eigenvalue weighted by Crippen LogP contribution is -2.12. The predicted octanol–water partition coefficient (Wildman–Crippen LogP) is 0.763. The molecule has 0 saturated carbocycles. The minimum absolute atomic E-state index is 0.0822. The molecule has 3 N–H and O–H groups in total. The highest BCUT2D eigenvalue weighted by molar-refractivity contribution is 5.73. The highest BCUT2D eigenvalue weighted by Crippen LogP contribution is 2.01. The van der Waals surface area contributed by atoms with Crippen LogP contribution in [0.1, 0.15) is 6.42 Å². The number of anilines is 1. The van der Waals surface area contributed by atoms with Gasteiger partial charge in [-0.2, -0.15) is 0 Å². The molecule has 0 aliphatic heterocycles. The lowest BCUT2D eigenvalue weighted by atomic mass is 10.3. The van der Waals surface area contributed by atoms with Gasteiger partial charge >= 0.3 is 0 Å². The number of rotatable bonds is 5. The van der Waals surface area contributed by atoms with Crippen molar-refractivity contribution in [3.63, 3.8) is 0 Å². The van der Waals surface area contributed by atoms with Gasteiger partial charge in [0.2, 0.25) is 5.91 Å². The molecule has 1 rings (SSSR count). The zero-order valence-electron chi connectivity index (χ0n) is 9.18. The highest BCUT2D eigenvalue weighted by Gasteiger charge is 1.90. The second kappa shape index (κ2) is 9.51. The molecule has 1 amide bonds. The second-order valence-corrected chi connectivity index (χ2v) is 2.80. The van der Waals surface area contributed by atoms with E-state index in [0.29, 0.717) is 0 Å². The van der Waals surface area contributed by atoms with Gasteiger partial charge in [-0.15, -0.1) is 0 Å². The van der Waals surface area contributed by atoms with Crippen LogP contribution in [0.2, 0.25) is 0 Å². The Kier molecular flexibility index (Phi) is 8.30. The number of carbonyl (C=O) groups is 2. The third-order valence-corrected chi connectivity index (χ3v) is 1.60. The van der Waals surface area contributed by atoms with Crippen LogP contribution >= 0.6 is 0 Å². The van der Waals surface area contributed by atoms with Crippen molar-refractivity contribution in [2.75, 3.05) is 19.0 Å². The van der Waals surface area contributed by atoms with Crippen molar-refractivity contribution in [2.45, 2.75) is 6.42 Å². The van der Waals surface area contributed by atoms with Crippen LogP contribution in [-0.2, 0) is 14.3 Å². The average Bonchev–Trinajstić information content (AvgIpc) is 2.31. The summed E-state index contributed by atoms with van der Waals surface area (Å²) in [5, 5.41) is 3.03. The van der Waals surface area contributed by atoms with Gasteiger partial charge in [-0.05, 0) is 12.1 Å². The number of hydrogen-bond donors (Lipinski definition) is 2. The van der Waals surface area contributed by atoms with E-state index in [4.69, 9.17) is 5.73 Å². The summed E-state index contributed by atoms with van der Waals surface area (Å²) in [5.74, 6) is -0.466. The van der Waals surface area contributed by atoms with Gasteiger partial charge in [0.25, 0.3) is 6.47 Å².